The number of fused-ring (bicyclic) bond motifs is 1. The fourth-order valence-electron chi connectivity index (χ4n) is 4.65. The number of methoxy groups -OCH3 is 1. The van der Waals surface area contributed by atoms with Gasteiger partial charge in [0, 0.05) is 23.5 Å². The van der Waals surface area contributed by atoms with Gasteiger partial charge < -0.3 is 18.3 Å². The minimum absolute atomic E-state index is 0.0517. The zero-order chi connectivity index (χ0) is 31.3. The first kappa shape index (κ1) is 30.8. The molecule has 0 amide bonds. The van der Waals surface area contributed by atoms with E-state index >= 15 is 0 Å². The summed E-state index contributed by atoms with van der Waals surface area (Å²) in [7, 11) is -0.724. The standard InChI is InChI=1S/C31H33ClF3N5O2Si/c1-18-14-39(17-36-18)25-9-8-19(12-27(25)41-5)29-22-13-21(32)15-40(30(22)38-37-29)26(16-42-43(6,7)31(2,3)4)20-10-23(33)28(35)24(34)11-20/h8-15,17,26H,16H2,1-7H3. The van der Waals surface area contributed by atoms with Gasteiger partial charge in [-0.15, -0.1) is 10.2 Å². The molecular formula is C31H33ClF3N5O2Si. The lowest BCUT2D eigenvalue weighted by Gasteiger charge is -2.38. The van der Waals surface area contributed by atoms with Crippen molar-refractivity contribution < 1.29 is 22.3 Å². The molecule has 12 heteroatoms. The van der Waals surface area contributed by atoms with Crippen LogP contribution in [-0.2, 0) is 4.43 Å². The van der Waals surface area contributed by atoms with Crippen LogP contribution in [0.25, 0.3) is 28.3 Å². The molecule has 0 radical (unpaired) electrons. The van der Waals surface area contributed by atoms with Gasteiger partial charge in [0.05, 0.1) is 42.5 Å². The molecule has 0 saturated carbocycles. The third-order valence-corrected chi connectivity index (χ3v) is 12.8. The number of nitrogens with zero attached hydrogens (tertiary/aromatic N) is 5. The number of benzene rings is 2. The Labute approximate surface area is 254 Å². The number of hydrogen-bond acceptors (Lipinski definition) is 5. The summed E-state index contributed by atoms with van der Waals surface area (Å²) in [4.78, 5) is 4.29. The molecule has 3 heterocycles. The molecule has 2 aliphatic rings. The molecule has 43 heavy (non-hydrogen) atoms. The molecule has 2 aromatic carbocycles. The van der Waals surface area contributed by atoms with Gasteiger partial charge in [-0.2, -0.15) is 0 Å². The lowest BCUT2D eigenvalue weighted by atomic mass is 10.0. The monoisotopic (exact) mass is 627 g/mol. The summed E-state index contributed by atoms with van der Waals surface area (Å²) in [6.07, 6.45) is 5.22. The third kappa shape index (κ3) is 5.93. The first-order chi connectivity index (χ1) is 20.2. The first-order valence-corrected chi connectivity index (χ1v) is 17.0. The molecule has 5 rings (SSSR count). The normalized spacial score (nSPS) is 13.1. The number of imidazole rings is 1. The second kappa shape index (κ2) is 11.4. The van der Waals surface area contributed by atoms with Crippen LogP contribution in [0.5, 0.6) is 5.75 Å². The summed E-state index contributed by atoms with van der Waals surface area (Å²) in [5.41, 5.74) is 3.72. The molecule has 0 bridgehead atoms. The zero-order valence-corrected chi connectivity index (χ0v) is 26.8. The van der Waals surface area contributed by atoms with Crippen molar-refractivity contribution in [2.24, 2.45) is 0 Å². The highest BCUT2D eigenvalue weighted by Gasteiger charge is 2.38. The van der Waals surface area contributed by atoms with Gasteiger partial charge in [0.1, 0.15) is 11.4 Å². The quantitative estimate of drug-likeness (QED) is 0.128. The zero-order valence-electron chi connectivity index (χ0n) is 25.0. The number of hydrogen-bond donors (Lipinski definition) is 0. The molecule has 1 unspecified atom stereocenters. The van der Waals surface area contributed by atoms with Crippen LogP contribution < -0.4 is 4.74 Å². The van der Waals surface area contributed by atoms with E-state index in [0.717, 1.165) is 29.1 Å². The predicted molar refractivity (Wildman–Crippen MR) is 163 cm³/mol. The summed E-state index contributed by atoms with van der Waals surface area (Å²) >= 11 is 6.64. The van der Waals surface area contributed by atoms with E-state index in [0.29, 0.717) is 27.9 Å². The van der Waals surface area contributed by atoms with Crippen LogP contribution in [0.15, 0.2) is 55.1 Å². The molecule has 0 spiro atoms. The van der Waals surface area contributed by atoms with Gasteiger partial charge in [0.2, 0.25) is 0 Å². The van der Waals surface area contributed by atoms with Crippen LogP contribution in [0, 0.1) is 24.4 Å². The number of rotatable bonds is 8. The minimum atomic E-state index is -2.31. The molecule has 7 nitrogen and oxygen atoms in total. The second-order valence-corrected chi connectivity index (χ2v) is 17.3. The lowest BCUT2D eigenvalue weighted by Crippen LogP contribution is -2.42. The van der Waals surface area contributed by atoms with E-state index in [1.54, 1.807) is 30.3 Å². The second-order valence-electron chi connectivity index (χ2n) is 12.0. The van der Waals surface area contributed by atoms with Crippen LogP contribution in [0.3, 0.4) is 0 Å². The Balaban J connectivity index is 1.60. The highest BCUT2D eigenvalue weighted by Crippen LogP contribution is 2.41. The van der Waals surface area contributed by atoms with E-state index in [2.05, 4.69) is 49.0 Å². The Bertz CT molecular complexity index is 1740. The van der Waals surface area contributed by atoms with Crippen LogP contribution in [0.1, 0.15) is 38.1 Å². The Hall–Kier alpha value is -3.67. The van der Waals surface area contributed by atoms with Gasteiger partial charge in [-0.25, -0.2) is 18.2 Å². The SMILES string of the molecule is COc1cc(-c2nnc3n(C(CO[Si](C)(C)C(C)(C)C)c4cc(F)c(F)c(F)c4)cc(Cl)cc2-3)ccc1-n1cnc(C)c1. The van der Waals surface area contributed by atoms with Crippen molar-refractivity contribution >= 4 is 19.9 Å². The van der Waals surface area contributed by atoms with E-state index in [1.807, 2.05) is 35.9 Å². The fraction of sp³-hybridized carbons (Fsp3) is 0.323. The molecule has 3 aromatic rings. The van der Waals surface area contributed by atoms with E-state index in [9.17, 15) is 13.2 Å². The lowest BCUT2D eigenvalue weighted by molar-refractivity contribution is 0.247. The van der Waals surface area contributed by atoms with E-state index in [4.69, 9.17) is 20.8 Å². The summed E-state index contributed by atoms with van der Waals surface area (Å²) in [6, 6.07) is 8.56. The summed E-state index contributed by atoms with van der Waals surface area (Å²) in [6.45, 7) is 12.4. The summed E-state index contributed by atoms with van der Waals surface area (Å²) in [5, 5.41) is 9.17. The Kier molecular flexibility index (Phi) is 8.19. The maximum atomic E-state index is 14.5. The maximum Gasteiger partial charge on any atom is 0.194 e. The van der Waals surface area contributed by atoms with Crippen molar-refractivity contribution in [2.45, 2.75) is 51.9 Å². The van der Waals surface area contributed by atoms with Gasteiger partial charge in [0.15, 0.2) is 31.6 Å². The van der Waals surface area contributed by atoms with Crippen LogP contribution in [0.2, 0.25) is 23.2 Å². The minimum Gasteiger partial charge on any atom is -0.495 e. The molecule has 0 fully saturated rings. The number of ether oxygens (including phenoxy) is 1. The van der Waals surface area contributed by atoms with Crippen molar-refractivity contribution in [3.8, 4) is 34.1 Å². The number of aromatic nitrogens is 5. The van der Waals surface area contributed by atoms with E-state index in [-0.39, 0.29) is 17.2 Å². The largest absolute Gasteiger partial charge is 0.495 e. The summed E-state index contributed by atoms with van der Waals surface area (Å²) in [5.74, 6) is -3.10. The van der Waals surface area contributed by atoms with Crippen LogP contribution >= 0.6 is 11.6 Å². The third-order valence-electron chi connectivity index (χ3n) is 8.11. The molecule has 1 atom stereocenters. The Morgan fingerprint density at radius 3 is 2.30 bits per heavy atom. The maximum absolute atomic E-state index is 14.5. The Morgan fingerprint density at radius 1 is 1.00 bits per heavy atom. The van der Waals surface area contributed by atoms with Gasteiger partial charge in [-0.1, -0.05) is 38.4 Å². The highest BCUT2D eigenvalue weighted by molar-refractivity contribution is 6.74. The van der Waals surface area contributed by atoms with Gasteiger partial charge in [-0.3, -0.25) is 0 Å². The predicted octanol–water partition coefficient (Wildman–Crippen LogP) is 8.23. The Morgan fingerprint density at radius 2 is 1.70 bits per heavy atom. The molecule has 2 aliphatic heterocycles. The topological polar surface area (TPSA) is 67.0 Å². The van der Waals surface area contributed by atoms with Crippen molar-refractivity contribution in [2.75, 3.05) is 13.7 Å². The molecular weight excluding hydrogens is 595 g/mol. The molecule has 226 valence electrons. The van der Waals surface area contributed by atoms with Crippen molar-refractivity contribution in [3.05, 3.63) is 88.9 Å². The van der Waals surface area contributed by atoms with Gasteiger partial charge >= 0.3 is 0 Å². The van der Waals surface area contributed by atoms with Crippen molar-refractivity contribution in [1.82, 2.24) is 24.3 Å². The van der Waals surface area contributed by atoms with Gasteiger partial charge in [-0.05, 0) is 61.0 Å². The van der Waals surface area contributed by atoms with Crippen molar-refractivity contribution in [3.63, 3.8) is 0 Å². The molecule has 0 N–H and O–H groups in total. The first-order valence-electron chi connectivity index (χ1n) is 13.7. The number of halogens is 4. The van der Waals surface area contributed by atoms with Crippen molar-refractivity contribution in [1.29, 1.82) is 0 Å². The molecule has 0 aliphatic carbocycles. The van der Waals surface area contributed by atoms with Crippen LogP contribution in [0.4, 0.5) is 13.2 Å². The average molecular weight is 628 g/mol. The van der Waals surface area contributed by atoms with E-state index in [1.165, 1.54) is 0 Å². The van der Waals surface area contributed by atoms with Crippen LogP contribution in [-0.4, -0.2) is 46.3 Å². The fourth-order valence-corrected chi connectivity index (χ4v) is 5.88. The van der Waals surface area contributed by atoms with Gasteiger partial charge in [0.25, 0.3) is 0 Å². The summed E-state index contributed by atoms with van der Waals surface area (Å²) < 4.78 is 58.7. The average Bonchev–Trinajstić information content (AvgIpc) is 3.56. The smallest absolute Gasteiger partial charge is 0.194 e. The molecule has 1 aromatic heterocycles. The number of aryl methyl sites for hydroxylation is 1. The highest BCUT2D eigenvalue weighted by atomic mass is 35.5. The molecule has 0 saturated heterocycles. The van der Waals surface area contributed by atoms with E-state index < -0.39 is 31.8 Å². The number of pyridine rings is 1.